The van der Waals surface area contributed by atoms with Crippen LogP contribution in [0.4, 0.5) is 8.78 Å². The average molecular weight is 200 g/mol. The third kappa shape index (κ3) is 1.44. The van der Waals surface area contributed by atoms with E-state index in [4.69, 9.17) is 10.2 Å². The third-order valence-electron chi connectivity index (χ3n) is 1.70. The van der Waals surface area contributed by atoms with Crippen LogP contribution in [-0.2, 0) is 0 Å². The predicted molar refractivity (Wildman–Crippen MR) is 45.2 cm³/mol. The van der Waals surface area contributed by atoms with E-state index in [0.29, 0.717) is 12.3 Å². The molecule has 0 aliphatic carbocycles. The number of benzene rings is 1. The van der Waals surface area contributed by atoms with Crippen molar-refractivity contribution in [2.45, 2.75) is 0 Å². The zero-order chi connectivity index (χ0) is 10.7. The van der Waals surface area contributed by atoms with E-state index in [1.807, 2.05) is 0 Å². The topological polar surface area (TPSA) is 57.5 Å². The van der Waals surface area contributed by atoms with Crippen molar-refractivity contribution in [3.8, 4) is 0 Å². The molecule has 0 saturated heterocycles. The van der Waals surface area contributed by atoms with Crippen LogP contribution in [0.2, 0.25) is 0 Å². The van der Waals surface area contributed by atoms with Gasteiger partial charge in [-0.1, -0.05) is 0 Å². The van der Waals surface area contributed by atoms with Gasteiger partial charge in [0.2, 0.25) is 0 Å². The van der Waals surface area contributed by atoms with E-state index >= 15 is 0 Å². The maximum atomic E-state index is 13.2. The van der Waals surface area contributed by atoms with E-state index in [9.17, 15) is 13.6 Å². The summed E-state index contributed by atoms with van der Waals surface area (Å²) in [5.41, 5.74) is -0.520. The molecule has 74 valence electrons. The first-order chi connectivity index (χ1) is 6.65. The summed E-state index contributed by atoms with van der Waals surface area (Å²) in [4.78, 5) is 10.3. The van der Waals surface area contributed by atoms with E-state index in [1.54, 1.807) is 0 Å². The Labute approximate surface area is 77.2 Å². The normalized spacial score (nSPS) is 13.3. The van der Waals surface area contributed by atoms with Gasteiger partial charge in [-0.25, -0.2) is 8.78 Å². The van der Waals surface area contributed by atoms with Crippen LogP contribution < -0.4 is 10.4 Å². The van der Waals surface area contributed by atoms with E-state index in [1.165, 1.54) is 0 Å². The molecule has 14 heavy (non-hydrogen) atoms. The lowest BCUT2D eigenvalue weighted by molar-refractivity contribution is 0.111. The van der Waals surface area contributed by atoms with Gasteiger partial charge in [-0.05, 0) is 6.07 Å². The van der Waals surface area contributed by atoms with E-state index in [-0.39, 0.29) is 12.5 Å². The van der Waals surface area contributed by atoms with Gasteiger partial charge in [-0.3, -0.25) is 4.79 Å². The first-order valence-corrected chi connectivity index (χ1v) is 3.57. The Bertz CT molecular complexity index is 480. The molecule has 0 bridgehead atoms. The second-order valence-corrected chi connectivity index (χ2v) is 2.46. The van der Waals surface area contributed by atoms with Gasteiger partial charge >= 0.3 is 0 Å². The summed E-state index contributed by atoms with van der Waals surface area (Å²) in [6, 6.07) is 0.636. The van der Waals surface area contributed by atoms with Crippen molar-refractivity contribution in [1.29, 1.82) is 0 Å². The highest BCUT2D eigenvalue weighted by atomic mass is 19.1. The van der Waals surface area contributed by atoms with Gasteiger partial charge in [0.25, 0.3) is 0 Å². The summed E-state index contributed by atoms with van der Waals surface area (Å²) in [6.45, 7) is 0. The molecule has 3 nitrogen and oxygen atoms in total. The minimum absolute atomic E-state index is 0.118. The molecule has 0 aliphatic heterocycles. The highest BCUT2D eigenvalue weighted by Crippen LogP contribution is 1.98. The molecule has 1 aromatic rings. The van der Waals surface area contributed by atoms with E-state index < -0.39 is 27.6 Å². The molecule has 5 heteroatoms. The second-order valence-electron chi connectivity index (χ2n) is 2.46. The molecule has 0 aromatic heterocycles. The molecule has 1 aromatic carbocycles. The number of carbonyl (C=O) groups is 1. The number of halogens is 2. The molecular weight excluding hydrogens is 194 g/mol. The summed E-state index contributed by atoms with van der Waals surface area (Å²) < 4.78 is 26.2. The maximum absolute atomic E-state index is 13.2. The van der Waals surface area contributed by atoms with Crippen molar-refractivity contribution >= 4 is 18.8 Å². The number of aliphatic hydroxyl groups is 2. The van der Waals surface area contributed by atoms with Gasteiger partial charge in [0, 0.05) is 0 Å². The largest absolute Gasteiger partial charge is 0.515 e. The molecule has 1 rings (SSSR count). The van der Waals surface area contributed by atoms with Gasteiger partial charge in [0.1, 0.15) is 11.6 Å². The number of carbonyl (C=O) groups excluding carboxylic acids is 1. The van der Waals surface area contributed by atoms with Crippen molar-refractivity contribution < 1.29 is 23.8 Å². The first kappa shape index (κ1) is 10.2. The van der Waals surface area contributed by atoms with Gasteiger partial charge < -0.3 is 10.2 Å². The van der Waals surface area contributed by atoms with Crippen LogP contribution in [-0.4, -0.2) is 16.5 Å². The van der Waals surface area contributed by atoms with Crippen molar-refractivity contribution in [3.63, 3.8) is 0 Å². The van der Waals surface area contributed by atoms with Crippen LogP contribution in [0.15, 0.2) is 6.07 Å². The average Bonchev–Trinajstić information content (AvgIpc) is 2.20. The van der Waals surface area contributed by atoms with Gasteiger partial charge in [0.05, 0.1) is 28.5 Å². The van der Waals surface area contributed by atoms with Crippen LogP contribution >= 0.6 is 0 Å². The minimum Gasteiger partial charge on any atom is -0.515 e. The Balaban J connectivity index is 3.86. The fourth-order valence-corrected chi connectivity index (χ4v) is 1.02. The minimum atomic E-state index is -1.08. The number of aliphatic hydroxyl groups excluding tert-OH is 2. The zero-order valence-electron chi connectivity index (χ0n) is 6.87. The predicted octanol–water partition coefficient (Wildman–Crippen LogP) is 0.369. The Hall–Kier alpha value is -1.91. The van der Waals surface area contributed by atoms with Crippen LogP contribution in [0.5, 0.6) is 0 Å². The van der Waals surface area contributed by atoms with Crippen molar-refractivity contribution in [2.75, 3.05) is 0 Å². The lowest BCUT2D eigenvalue weighted by Gasteiger charge is -1.97. The van der Waals surface area contributed by atoms with Crippen molar-refractivity contribution in [2.24, 2.45) is 0 Å². The molecular formula is C9H6F2O3. The van der Waals surface area contributed by atoms with Gasteiger partial charge in [-0.2, -0.15) is 0 Å². The van der Waals surface area contributed by atoms with Crippen LogP contribution in [0, 0.1) is 11.6 Å². The SMILES string of the molecule is O=Cc1cc(F)c(=CO)c(=CO)c1F. The Morgan fingerprint density at radius 1 is 1.14 bits per heavy atom. The van der Waals surface area contributed by atoms with Crippen molar-refractivity contribution in [3.05, 3.63) is 33.7 Å². The van der Waals surface area contributed by atoms with Crippen molar-refractivity contribution in [1.82, 2.24) is 0 Å². The molecule has 0 spiro atoms. The Morgan fingerprint density at radius 3 is 2.14 bits per heavy atom. The standard InChI is InChI=1S/C9H6F2O3/c10-8-1-5(2-12)9(11)7(4-14)6(8)3-13/h1-4,13-14H. The Morgan fingerprint density at radius 2 is 1.71 bits per heavy atom. The second kappa shape index (κ2) is 3.87. The maximum Gasteiger partial charge on any atom is 0.153 e. The molecule has 0 atom stereocenters. The van der Waals surface area contributed by atoms with E-state index in [0.717, 1.165) is 0 Å². The summed E-state index contributed by atoms with van der Waals surface area (Å²) in [5, 5.41) is 16.1. The highest BCUT2D eigenvalue weighted by molar-refractivity contribution is 5.75. The lowest BCUT2D eigenvalue weighted by atomic mass is 10.1. The quantitative estimate of drug-likeness (QED) is 0.644. The fraction of sp³-hybridized carbons (Fsp3) is 0. The number of rotatable bonds is 1. The molecule has 0 amide bonds. The smallest absolute Gasteiger partial charge is 0.153 e. The van der Waals surface area contributed by atoms with Crippen LogP contribution in [0.1, 0.15) is 10.4 Å². The molecule has 0 aliphatic rings. The summed E-state index contributed by atoms with van der Waals surface area (Å²) in [6.07, 6.45) is 0.717. The van der Waals surface area contributed by atoms with Gasteiger partial charge in [-0.15, -0.1) is 0 Å². The number of hydrogen-bond acceptors (Lipinski definition) is 3. The molecule has 0 heterocycles. The molecule has 0 fully saturated rings. The summed E-state index contributed by atoms with van der Waals surface area (Å²) in [5.74, 6) is -2.07. The number of aldehydes is 1. The summed E-state index contributed by atoms with van der Waals surface area (Å²) >= 11 is 0. The van der Waals surface area contributed by atoms with E-state index in [2.05, 4.69) is 0 Å². The summed E-state index contributed by atoms with van der Waals surface area (Å²) in [7, 11) is 0. The third-order valence-corrected chi connectivity index (χ3v) is 1.70. The zero-order valence-corrected chi connectivity index (χ0v) is 6.87. The lowest BCUT2D eigenvalue weighted by Crippen LogP contribution is -2.33. The molecule has 2 N–H and O–H groups in total. The first-order valence-electron chi connectivity index (χ1n) is 3.57. The molecule has 0 radical (unpaired) electrons. The fourth-order valence-electron chi connectivity index (χ4n) is 1.02. The highest BCUT2D eigenvalue weighted by Gasteiger charge is 2.08. The Kier molecular flexibility index (Phi) is 2.81. The monoisotopic (exact) mass is 200 g/mol. The van der Waals surface area contributed by atoms with Crippen LogP contribution in [0.3, 0.4) is 0 Å². The number of hydrogen-bond donors (Lipinski definition) is 2. The van der Waals surface area contributed by atoms with Crippen LogP contribution in [0.25, 0.3) is 12.5 Å². The molecule has 0 unspecified atom stereocenters. The molecule has 0 saturated carbocycles. The van der Waals surface area contributed by atoms with Gasteiger partial charge in [0.15, 0.2) is 6.29 Å².